The van der Waals surface area contributed by atoms with E-state index >= 15 is 0 Å². The number of ether oxygens (including phenoxy) is 1. The number of esters is 1. The maximum absolute atomic E-state index is 11.4. The van der Waals surface area contributed by atoms with Gasteiger partial charge in [0.15, 0.2) is 0 Å². The molecule has 0 radical (unpaired) electrons. The smallest absolute Gasteiger partial charge is 0.310 e. The van der Waals surface area contributed by atoms with Crippen LogP contribution in [-0.4, -0.2) is 26.7 Å². The van der Waals surface area contributed by atoms with Crippen molar-refractivity contribution in [2.45, 2.75) is 6.92 Å². The molecule has 1 unspecified atom stereocenters. The summed E-state index contributed by atoms with van der Waals surface area (Å²) in [5.41, 5.74) is 1.36. The zero-order valence-corrected chi connectivity index (χ0v) is 12.2. The van der Waals surface area contributed by atoms with E-state index in [0.717, 1.165) is 10.2 Å². The van der Waals surface area contributed by atoms with Crippen LogP contribution in [0.4, 0.5) is 5.69 Å². The lowest BCUT2D eigenvalue weighted by molar-refractivity contribution is -0.144. The van der Waals surface area contributed by atoms with Crippen molar-refractivity contribution >= 4 is 27.6 Å². The molecule has 0 aliphatic carbocycles. The summed E-state index contributed by atoms with van der Waals surface area (Å²) in [5.74, 6) is -0.499. The van der Waals surface area contributed by atoms with Gasteiger partial charge in [-0.3, -0.25) is 4.79 Å². The Balaban J connectivity index is 2.92. The molecule has 0 heterocycles. The molecule has 0 N–H and O–H groups in total. The molecule has 0 bridgehead atoms. The van der Waals surface area contributed by atoms with Crippen LogP contribution < -0.4 is 4.90 Å². The van der Waals surface area contributed by atoms with Gasteiger partial charge in [-0.2, -0.15) is 5.26 Å². The first-order chi connectivity index (χ1) is 8.51. The zero-order chi connectivity index (χ0) is 13.7. The van der Waals surface area contributed by atoms with Crippen molar-refractivity contribution in [2.24, 2.45) is 5.92 Å². The summed E-state index contributed by atoms with van der Waals surface area (Å²) in [5, 5.41) is 9.14. The first kappa shape index (κ1) is 14.5. The van der Waals surface area contributed by atoms with Crippen LogP contribution in [0, 0.1) is 17.2 Å². The third-order valence-corrected chi connectivity index (χ3v) is 3.33. The molecule has 0 amide bonds. The fraction of sp³-hybridized carbons (Fsp3) is 0.385. The Kier molecular flexibility index (Phi) is 5.17. The van der Waals surface area contributed by atoms with Gasteiger partial charge in [0.05, 0.1) is 24.3 Å². The summed E-state index contributed by atoms with van der Waals surface area (Å²) in [6.45, 7) is 2.30. The number of halogens is 1. The first-order valence-electron chi connectivity index (χ1n) is 5.48. The van der Waals surface area contributed by atoms with Gasteiger partial charge in [0.25, 0.3) is 0 Å². The number of carbonyl (C=O) groups is 1. The highest BCUT2D eigenvalue weighted by molar-refractivity contribution is 9.10. The number of carbonyl (C=O) groups excluding carboxylic acids is 1. The Morgan fingerprint density at radius 1 is 1.61 bits per heavy atom. The van der Waals surface area contributed by atoms with E-state index in [1.165, 1.54) is 7.11 Å². The lowest BCUT2D eigenvalue weighted by atomic mass is 10.1. The number of nitrogens with zero attached hydrogens (tertiary/aromatic N) is 2. The van der Waals surface area contributed by atoms with Gasteiger partial charge in [-0.15, -0.1) is 0 Å². The third kappa shape index (κ3) is 3.23. The van der Waals surface area contributed by atoms with Crippen molar-refractivity contribution in [1.29, 1.82) is 5.26 Å². The predicted octanol–water partition coefficient (Wildman–Crippen LogP) is 2.57. The predicted molar refractivity (Wildman–Crippen MR) is 73.3 cm³/mol. The molecule has 1 aromatic carbocycles. The van der Waals surface area contributed by atoms with Crippen molar-refractivity contribution in [3.05, 3.63) is 28.2 Å². The highest BCUT2D eigenvalue weighted by Crippen LogP contribution is 2.26. The van der Waals surface area contributed by atoms with Crippen LogP contribution in [0.1, 0.15) is 12.5 Å². The highest BCUT2D eigenvalue weighted by atomic mass is 79.9. The number of hydrogen-bond donors (Lipinski definition) is 0. The van der Waals surface area contributed by atoms with Gasteiger partial charge < -0.3 is 9.64 Å². The van der Waals surface area contributed by atoms with Gasteiger partial charge in [0, 0.05) is 18.1 Å². The number of hydrogen-bond acceptors (Lipinski definition) is 4. The normalized spacial score (nSPS) is 11.5. The number of rotatable bonds is 4. The average Bonchev–Trinajstić information content (AvgIpc) is 2.37. The molecule has 0 fully saturated rings. The van der Waals surface area contributed by atoms with Gasteiger partial charge in [-0.05, 0) is 28.1 Å². The molecule has 0 aromatic heterocycles. The molecule has 0 spiro atoms. The molecule has 96 valence electrons. The van der Waals surface area contributed by atoms with E-state index < -0.39 is 0 Å². The highest BCUT2D eigenvalue weighted by Gasteiger charge is 2.18. The van der Waals surface area contributed by atoms with Crippen LogP contribution in [0.5, 0.6) is 0 Å². The number of nitriles is 1. The standard InChI is InChI=1S/C13H15BrN2O2/c1-9(13(17)18-3)8-16(2)12-6-4-5-11(14)10(12)7-15/h4-6,9H,8H2,1-3H3. The molecule has 0 aliphatic heterocycles. The maximum Gasteiger partial charge on any atom is 0.310 e. The summed E-state index contributed by atoms with van der Waals surface area (Å²) < 4.78 is 5.44. The lowest BCUT2D eigenvalue weighted by Crippen LogP contribution is -2.29. The molecular weight excluding hydrogens is 296 g/mol. The van der Waals surface area contributed by atoms with Crippen LogP contribution >= 0.6 is 15.9 Å². The minimum absolute atomic E-state index is 0.245. The van der Waals surface area contributed by atoms with E-state index in [4.69, 9.17) is 5.26 Å². The molecule has 4 nitrogen and oxygen atoms in total. The first-order valence-corrected chi connectivity index (χ1v) is 6.28. The lowest BCUT2D eigenvalue weighted by Gasteiger charge is -2.23. The van der Waals surface area contributed by atoms with E-state index in [0.29, 0.717) is 12.1 Å². The number of anilines is 1. The van der Waals surface area contributed by atoms with Crippen molar-refractivity contribution in [1.82, 2.24) is 0 Å². The van der Waals surface area contributed by atoms with E-state index in [1.54, 1.807) is 6.92 Å². The maximum atomic E-state index is 11.4. The Bertz CT molecular complexity index is 482. The monoisotopic (exact) mass is 310 g/mol. The second kappa shape index (κ2) is 6.41. The zero-order valence-electron chi connectivity index (χ0n) is 10.6. The summed E-state index contributed by atoms with van der Waals surface area (Å²) in [4.78, 5) is 13.3. The second-order valence-corrected chi connectivity index (χ2v) is 4.90. The summed E-state index contributed by atoms with van der Waals surface area (Å²) in [7, 11) is 3.22. The van der Waals surface area contributed by atoms with Crippen LogP contribution in [0.25, 0.3) is 0 Å². The van der Waals surface area contributed by atoms with Gasteiger partial charge in [0.2, 0.25) is 0 Å². The Labute approximate surface area is 115 Å². The molecule has 0 aliphatic rings. The van der Waals surface area contributed by atoms with Crippen molar-refractivity contribution in [3.63, 3.8) is 0 Å². The molecule has 1 rings (SSSR count). The fourth-order valence-electron chi connectivity index (χ4n) is 1.73. The average molecular weight is 311 g/mol. The van der Waals surface area contributed by atoms with Gasteiger partial charge >= 0.3 is 5.97 Å². The van der Waals surface area contributed by atoms with E-state index in [2.05, 4.69) is 26.7 Å². The molecule has 18 heavy (non-hydrogen) atoms. The van der Waals surface area contributed by atoms with Crippen LogP contribution in [0.3, 0.4) is 0 Å². The van der Waals surface area contributed by atoms with Crippen molar-refractivity contribution in [2.75, 3.05) is 25.6 Å². The summed E-state index contributed by atoms with van der Waals surface area (Å²) >= 11 is 3.34. The number of benzene rings is 1. The van der Waals surface area contributed by atoms with Gasteiger partial charge in [0.1, 0.15) is 6.07 Å². The van der Waals surface area contributed by atoms with Crippen LogP contribution in [0.15, 0.2) is 22.7 Å². The quantitative estimate of drug-likeness (QED) is 0.802. The molecule has 1 atom stereocenters. The largest absolute Gasteiger partial charge is 0.469 e. The van der Waals surface area contributed by atoms with Crippen molar-refractivity contribution in [3.8, 4) is 6.07 Å². The number of methoxy groups -OCH3 is 1. The second-order valence-electron chi connectivity index (χ2n) is 4.05. The summed E-state index contributed by atoms with van der Waals surface area (Å²) in [6, 6.07) is 7.69. The van der Waals surface area contributed by atoms with E-state index in [9.17, 15) is 4.79 Å². The van der Waals surface area contributed by atoms with Gasteiger partial charge in [-0.25, -0.2) is 0 Å². The molecule has 0 saturated carbocycles. The SMILES string of the molecule is COC(=O)C(C)CN(C)c1cccc(Br)c1C#N. The fourth-order valence-corrected chi connectivity index (χ4v) is 2.17. The molecule has 5 heteroatoms. The minimum Gasteiger partial charge on any atom is -0.469 e. The Hall–Kier alpha value is -1.54. The molecule has 1 aromatic rings. The van der Waals surface area contributed by atoms with E-state index in [-0.39, 0.29) is 11.9 Å². The topological polar surface area (TPSA) is 53.3 Å². The Morgan fingerprint density at radius 2 is 2.28 bits per heavy atom. The minimum atomic E-state index is -0.254. The van der Waals surface area contributed by atoms with Crippen LogP contribution in [0.2, 0.25) is 0 Å². The summed E-state index contributed by atoms with van der Waals surface area (Å²) in [6.07, 6.45) is 0. The third-order valence-electron chi connectivity index (χ3n) is 2.67. The van der Waals surface area contributed by atoms with Crippen molar-refractivity contribution < 1.29 is 9.53 Å². The molecule has 0 saturated heterocycles. The van der Waals surface area contributed by atoms with Crippen LogP contribution in [-0.2, 0) is 9.53 Å². The Morgan fingerprint density at radius 3 is 2.83 bits per heavy atom. The van der Waals surface area contributed by atoms with E-state index in [1.807, 2.05) is 30.1 Å². The van der Waals surface area contributed by atoms with Gasteiger partial charge in [-0.1, -0.05) is 13.0 Å². The molecular formula is C13H15BrN2O2.